The molecule has 10 heteroatoms. The molecule has 1 atom stereocenters. The molecule has 110 valence electrons. The van der Waals surface area contributed by atoms with Gasteiger partial charge in [0.25, 0.3) is 0 Å². The first-order chi connectivity index (χ1) is 10.1. The number of halogens is 1. The van der Waals surface area contributed by atoms with Gasteiger partial charge in [-0.1, -0.05) is 0 Å². The lowest BCUT2D eigenvalue weighted by atomic mass is 10.3. The molecule has 0 aromatic carbocycles. The summed E-state index contributed by atoms with van der Waals surface area (Å²) in [5.41, 5.74) is 0. The van der Waals surface area contributed by atoms with E-state index in [2.05, 4.69) is 30.9 Å². The van der Waals surface area contributed by atoms with Gasteiger partial charge in [0.05, 0.1) is 11.0 Å². The molecule has 2 aromatic rings. The van der Waals surface area contributed by atoms with Crippen LogP contribution >= 0.6 is 15.9 Å². The van der Waals surface area contributed by atoms with Crippen molar-refractivity contribution < 1.29 is 14.4 Å². The van der Waals surface area contributed by atoms with Gasteiger partial charge in [0.1, 0.15) is 25.5 Å². The second-order valence-electron chi connectivity index (χ2n) is 4.35. The zero-order chi connectivity index (χ0) is 14.8. The van der Waals surface area contributed by atoms with E-state index < -0.39 is 4.92 Å². The molecule has 9 nitrogen and oxygen atoms in total. The lowest BCUT2D eigenvalue weighted by Crippen LogP contribution is -2.32. The largest absolute Gasteiger partial charge is 0.443 e. The number of aromatic nitrogens is 4. The highest BCUT2D eigenvalue weighted by atomic mass is 79.9. The summed E-state index contributed by atoms with van der Waals surface area (Å²) in [7, 11) is 0. The Morgan fingerprint density at radius 2 is 2.29 bits per heavy atom. The van der Waals surface area contributed by atoms with Gasteiger partial charge in [-0.05, 0) is 20.9 Å². The van der Waals surface area contributed by atoms with E-state index in [-0.39, 0.29) is 31.1 Å². The van der Waals surface area contributed by atoms with E-state index in [1.54, 1.807) is 17.0 Å². The predicted molar refractivity (Wildman–Crippen MR) is 72.7 cm³/mol. The molecule has 1 aliphatic heterocycles. The van der Waals surface area contributed by atoms with Crippen LogP contribution in [0.25, 0.3) is 0 Å². The summed E-state index contributed by atoms with van der Waals surface area (Å²) in [5.74, 6) is 0.322. The van der Waals surface area contributed by atoms with Crippen LogP contribution in [0.2, 0.25) is 0 Å². The van der Waals surface area contributed by atoms with Crippen LogP contribution in [0.5, 0.6) is 6.01 Å². The SMILES string of the molecule is O=[N+]([O-])c1cn2c(n1)OC[C@@H](OCc1ncc(Br)cn1)C2. The minimum atomic E-state index is -0.555. The number of nitrogens with zero attached hydrogens (tertiary/aromatic N) is 5. The molecule has 0 aliphatic carbocycles. The molecule has 0 fully saturated rings. The highest BCUT2D eigenvalue weighted by Crippen LogP contribution is 2.22. The Morgan fingerprint density at radius 3 is 3.00 bits per heavy atom. The number of ether oxygens (including phenoxy) is 2. The summed E-state index contributed by atoms with van der Waals surface area (Å²) in [5, 5.41) is 10.7. The van der Waals surface area contributed by atoms with Crippen molar-refractivity contribution in [1.29, 1.82) is 0 Å². The number of imidazole rings is 1. The Kier molecular flexibility index (Phi) is 3.80. The average molecular weight is 356 g/mol. The summed E-state index contributed by atoms with van der Waals surface area (Å²) < 4.78 is 13.4. The highest BCUT2D eigenvalue weighted by Gasteiger charge is 2.28. The normalized spacial score (nSPS) is 17.1. The summed E-state index contributed by atoms with van der Waals surface area (Å²) in [6, 6.07) is 0.237. The number of hydrogen-bond acceptors (Lipinski definition) is 7. The minimum absolute atomic E-state index is 0.234. The molecule has 1 aliphatic rings. The van der Waals surface area contributed by atoms with E-state index in [1.807, 2.05) is 0 Å². The van der Waals surface area contributed by atoms with E-state index in [0.717, 1.165) is 4.47 Å². The Morgan fingerprint density at radius 1 is 1.52 bits per heavy atom. The van der Waals surface area contributed by atoms with Gasteiger partial charge in [0.15, 0.2) is 5.82 Å². The van der Waals surface area contributed by atoms with Crippen molar-refractivity contribution in [3.05, 3.63) is 39.0 Å². The summed E-state index contributed by atoms with van der Waals surface area (Å²) in [6.45, 7) is 0.963. The molecule has 0 amide bonds. The molecule has 0 radical (unpaired) electrons. The number of rotatable bonds is 4. The predicted octanol–water partition coefficient (Wildman–Crippen LogP) is 1.32. The smallest absolute Gasteiger partial charge is 0.414 e. The van der Waals surface area contributed by atoms with E-state index in [0.29, 0.717) is 12.4 Å². The summed E-state index contributed by atoms with van der Waals surface area (Å²) >= 11 is 3.25. The van der Waals surface area contributed by atoms with Gasteiger partial charge < -0.3 is 19.6 Å². The van der Waals surface area contributed by atoms with Crippen molar-refractivity contribution in [1.82, 2.24) is 19.5 Å². The molecule has 3 heterocycles. The Bertz CT molecular complexity index is 659. The molecule has 0 saturated carbocycles. The maximum Gasteiger partial charge on any atom is 0.414 e. The maximum atomic E-state index is 10.7. The lowest BCUT2D eigenvalue weighted by Gasteiger charge is -2.21. The zero-order valence-corrected chi connectivity index (χ0v) is 12.3. The fourth-order valence-electron chi connectivity index (χ4n) is 1.87. The molecule has 0 unspecified atom stereocenters. The molecular weight excluding hydrogens is 346 g/mol. The van der Waals surface area contributed by atoms with Crippen LogP contribution in [0.4, 0.5) is 5.82 Å². The molecule has 0 bridgehead atoms. The average Bonchev–Trinajstić information content (AvgIpc) is 2.90. The van der Waals surface area contributed by atoms with Crippen LogP contribution in [-0.4, -0.2) is 37.2 Å². The Labute approximate surface area is 127 Å². The van der Waals surface area contributed by atoms with Crippen molar-refractivity contribution in [2.45, 2.75) is 19.3 Å². The Hall–Kier alpha value is -2.07. The third-order valence-electron chi connectivity index (χ3n) is 2.83. The molecule has 0 N–H and O–H groups in total. The van der Waals surface area contributed by atoms with Gasteiger partial charge in [-0.15, -0.1) is 0 Å². The molecule has 2 aromatic heterocycles. The van der Waals surface area contributed by atoms with Crippen LogP contribution in [0, 0.1) is 10.1 Å². The van der Waals surface area contributed by atoms with E-state index in [9.17, 15) is 10.1 Å². The van der Waals surface area contributed by atoms with Crippen molar-refractivity contribution in [2.24, 2.45) is 0 Å². The van der Waals surface area contributed by atoms with Gasteiger partial charge in [-0.3, -0.25) is 4.57 Å². The molecule has 3 rings (SSSR count). The van der Waals surface area contributed by atoms with Gasteiger partial charge >= 0.3 is 11.8 Å². The van der Waals surface area contributed by atoms with Crippen molar-refractivity contribution in [2.75, 3.05) is 6.61 Å². The molecule has 0 spiro atoms. The summed E-state index contributed by atoms with van der Waals surface area (Å²) in [6.07, 6.45) is 4.38. The fraction of sp³-hybridized carbons (Fsp3) is 0.364. The minimum Gasteiger partial charge on any atom is -0.443 e. The Balaban J connectivity index is 1.61. The monoisotopic (exact) mass is 355 g/mol. The van der Waals surface area contributed by atoms with Crippen LogP contribution in [0.3, 0.4) is 0 Å². The molecular formula is C11H10BrN5O4. The third-order valence-corrected chi connectivity index (χ3v) is 3.24. The van der Waals surface area contributed by atoms with Gasteiger partial charge in [-0.2, -0.15) is 0 Å². The molecule has 21 heavy (non-hydrogen) atoms. The highest BCUT2D eigenvalue weighted by molar-refractivity contribution is 9.10. The van der Waals surface area contributed by atoms with Crippen molar-refractivity contribution in [3.8, 4) is 6.01 Å². The zero-order valence-electron chi connectivity index (χ0n) is 10.7. The second-order valence-corrected chi connectivity index (χ2v) is 5.27. The standard InChI is InChI=1S/C11H10BrN5O4/c12-7-1-13-9(14-2-7)6-20-8-3-16-4-10(17(18)19)15-11(16)21-5-8/h1-2,4,8H,3,5-6H2/t8-/m0/s1. The quantitative estimate of drug-likeness (QED) is 0.601. The number of fused-ring (bicyclic) bond motifs is 1. The topological polar surface area (TPSA) is 105 Å². The van der Waals surface area contributed by atoms with Gasteiger partial charge in [-0.25, -0.2) is 9.97 Å². The first-order valence-corrected chi connectivity index (χ1v) is 6.83. The van der Waals surface area contributed by atoms with Crippen LogP contribution in [0.15, 0.2) is 23.1 Å². The van der Waals surface area contributed by atoms with E-state index in [4.69, 9.17) is 9.47 Å². The van der Waals surface area contributed by atoms with Crippen LogP contribution in [-0.2, 0) is 17.9 Å². The number of hydrogen-bond donors (Lipinski definition) is 0. The van der Waals surface area contributed by atoms with Crippen LogP contribution in [0.1, 0.15) is 5.82 Å². The lowest BCUT2D eigenvalue weighted by molar-refractivity contribution is -0.389. The molecule has 0 saturated heterocycles. The van der Waals surface area contributed by atoms with Gasteiger partial charge in [0, 0.05) is 17.4 Å². The van der Waals surface area contributed by atoms with Crippen molar-refractivity contribution >= 4 is 21.7 Å². The van der Waals surface area contributed by atoms with E-state index >= 15 is 0 Å². The third kappa shape index (κ3) is 3.16. The maximum absolute atomic E-state index is 10.7. The first kappa shape index (κ1) is 13.9. The fourth-order valence-corrected chi connectivity index (χ4v) is 2.07. The van der Waals surface area contributed by atoms with E-state index in [1.165, 1.54) is 6.20 Å². The second kappa shape index (κ2) is 5.74. The van der Waals surface area contributed by atoms with Crippen LogP contribution < -0.4 is 4.74 Å². The van der Waals surface area contributed by atoms with Gasteiger partial charge in [0.2, 0.25) is 0 Å². The number of nitro groups is 1. The first-order valence-electron chi connectivity index (χ1n) is 6.04. The van der Waals surface area contributed by atoms with Crippen molar-refractivity contribution in [3.63, 3.8) is 0 Å². The summed E-state index contributed by atoms with van der Waals surface area (Å²) in [4.78, 5) is 22.1.